The minimum absolute atomic E-state index is 0.140. The highest BCUT2D eigenvalue weighted by Gasteiger charge is 2.09. The summed E-state index contributed by atoms with van der Waals surface area (Å²) in [4.78, 5) is 12.8. The molecule has 1 atom stereocenters. The third-order valence-electron chi connectivity index (χ3n) is 3.83. The molecule has 0 bridgehead atoms. The molecular formula is C21H22FNO2S. The van der Waals surface area contributed by atoms with Gasteiger partial charge in [-0.2, -0.15) is 0 Å². The molecule has 0 spiro atoms. The smallest absolute Gasteiger partial charge is 0.228 e. The summed E-state index contributed by atoms with van der Waals surface area (Å²) < 4.78 is 26.1. The van der Waals surface area contributed by atoms with Crippen LogP contribution in [0.5, 0.6) is 0 Å². The highest BCUT2D eigenvalue weighted by Crippen LogP contribution is 2.21. The number of anilines is 1. The molecule has 1 N–H and O–H groups in total. The molecule has 0 heterocycles. The van der Waals surface area contributed by atoms with Gasteiger partial charge < -0.3 is 5.32 Å². The van der Waals surface area contributed by atoms with E-state index >= 15 is 0 Å². The van der Waals surface area contributed by atoms with Crippen LogP contribution in [0, 0.1) is 5.82 Å². The van der Waals surface area contributed by atoms with Crippen LogP contribution in [0.3, 0.4) is 0 Å². The number of nitrogens with one attached hydrogen (secondary N) is 1. The predicted octanol–water partition coefficient (Wildman–Crippen LogP) is 4.30. The van der Waals surface area contributed by atoms with Gasteiger partial charge in [0.05, 0.1) is 6.42 Å². The SMILES string of the molecule is C=CC=C(C)c1ccc(NC(=O)Cc2ccc(S(=C)(C)=O)cc2)cc1F. The topological polar surface area (TPSA) is 46.2 Å². The first-order valence-electron chi connectivity index (χ1n) is 8.01. The molecule has 0 aliphatic heterocycles. The van der Waals surface area contributed by atoms with Crippen LogP contribution in [0.15, 0.2) is 66.1 Å². The number of hydrogen-bond acceptors (Lipinski definition) is 2. The number of hydrogen-bond donors (Lipinski definition) is 1. The van der Waals surface area contributed by atoms with E-state index in [1.165, 1.54) is 6.07 Å². The highest BCUT2D eigenvalue weighted by atomic mass is 32.2. The standard InChI is InChI=1S/C21H22FNO2S/c1-5-6-15(2)19-12-9-17(14-20(19)22)23-21(24)13-16-7-10-18(11-8-16)26(3,4)25/h5-12,14H,1,3,13H2,2,4H3,(H,23,24). The minimum atomic E-state index is -2.27. The maximum atomic E-state index is 14.2. The fourth-order valence-corrected chi connectivity index (χ4v) is 3.18. The van der Waals surface area contributed by atoms with Gasteiger partial charge in [0, 0.05) is 22.4 Å². The summed E-state index contributed by atoms with van der Waals surface area (Å²) in [6.07, 6.45) is 5.03. The average Bonchev–Trinajstić information content (AvgIpc) is 2.54. The van der Waals surface area contributed by atoms with E-state index < -0.39 is 15.3 Å². The Labute approximate surface area is 154 Å². The van der Waals surface area contributed by atoms with Gasteiger partial charge in [0.2, 0.25) is 5.91 Å². The van der Waals surface area contributed by atoms with Crippen molar-refractivity contribution < 1.29 is 13.4 Å². The molecule has 26 heavy (non-hydrogen) atoms. The first-order chi connectivity index (χ1) is 12.2. The third kappa shape index (κ3) is 5.17. The summed E-state index contributed by atoms with van der Waals surface area (Å²) in [7, 11) is -2.27. The Morgan fingerprint density at radius 3 is 2.42 bits per heavy atom. The number of carbonyl (C=O) groups excluding carboxylic acids is 1. The second kappa shape index (κ2) is 8.15. The van der Waals surface area contributed by atoms with Crippen molar-refractivity contribution in [2.45, 2.75) is 18.2 Å². The van der Waals surface area contributed by atoms with E-state index in [4.69, 9.17) is 0 Å². The van der Waals surface area contributed by atoms with E-state index in [9.17, 15) is 13.4 Å². The molecule has 1 amide bonds. The van der Waals surface area contributed by atoms with E-state index in [2.05, 4.69) is 17.8 Å². The molecule has 2 aromatic carbocycles. The molecule has 0 aliphatic rings. The van der Waals surface area contributed by atoms with Crippen LogP contribution in [0.4, 0.5) is 10.1 Å². The molecule has 0 aliphatic carbocycles. The zero-order valence-electron chi connectivity index (χ0n) is 14.9. The van der Waals surface area contributed by atoms with Crippen LogP contribution in [-0.4, -0.2) is 22.2 Å². The van der Waals surface area contributed by atoms with Crippen LogP contribution in [0.1, 0.15) is 18.1 Å². The van der Waals surface area contributed by atoms with Crippen molar-refractivity contribution in [1.29, 1.82) is 0 Å². The van der Waals surface area contributed by atoms with Gasteiger partial charge in [-0.1, -0.05) is 30.9 Å². The lowest BCUT2D eigenvalue weighted by molar-refractivity contribution is -0.115. The molecule has 1 unspecified atom stereocenters. The number of allylic oxidation sites excluding steroid dienone is 3. The van der Waals surface area contributed by atoms with E-state index in [-0.39, 0.29) is 12.3 Å². The van der Waals surface area contributed by atoms with Crippen molar-refractivity contribution in [2.75, 3.05) is 11.6 Å². The van der Waals surface area contributed by atoms with Crippen LogP contribution < -0.4 is 5.32 Å². The average molecular weight is 371 g/mol. The summed E-state index contributed by atoms with van der Waals surface area (Å²) in [5.74, 6) is 2.97. The number of carbonyl (C=O) groups is 1. The summed E-state index contributed by atoms with van der Waals surface area (Å²) >= 11 is 0. The van der Waals surface area contributed by atoms with Crippen LogP contribution in [0.2, 0.25) is 0 Å². The Morgan fingerprint density at radius 2 is 1.88 bits per heavy atom. The fraction of sp³-hybridized carbons (Fsp3) is 0.143. The number of benzene rings is 2. The first kappa shape index (κ1) is 19.7. The summed E-state index contributed by atoms with van der Waals surface area (Å²) in [5.41, 5.74) is 2.40. The number of rotatable bonds is 6. The normalized spacial score (nSPS) is 13.7. The Morgan fingerprint density at radius 1 is 1.23 bits per heavy atom. The maximum absolute atomic E-state index is 14.2. The summed E-state index contributed by atoms with van der Waals surface area (Å²) in [6.45, 7) is 5.39. The van der Waals surface area contributed by atoms with Gasteiger partial charge in [-0.3, -0.25) is 9.00 Å². The van der Waals surface area contributed by atoms with Gasteiger partial charge in [-0.05, 0) is 63.8 Å². The zero-order valence-corrected chi connectivity index (χ0v) is 15.7. The Hall–Kier alpha value is -2.66. The Balaban J connectivity index is 2.07. The molecule has 5 heteroatoms. The van der Waals surface area contributed by atoms with E-state index in [0.29, 0.717) is 16.1 Å². The minimum Gasteiger partial charge on any atom is -0.326 e. The highest BCUT2D eigenvalue weighted by molar-refractivity contribution is 7.99. The molecule has 2 rings (SSSR count). The lowest BCUT2D eigenvalue weighted by atomic mass is 10.1. The first-order valence-corrected chi connectivity index (χ1v) is 10.1. The lowest BCUT2D eigenvalue weighted by Gasteiger charge is -2.09. The monoisotopic (exact) mass is 371 g/mol. The van der Waals surface area contributed by atoms with Crippen LogP contribution >= 0.6 is 0 Å². The van der Waals surface area contributed by atoms with Gasteiger partial charge >= 0.3 is 0 Å². The van der Waals surface area contributed by atoms with Gasteiger partial charge in [0.1, 0.15) is 5.82 Å². The van der Waals surface area contributed by atoms with Gasteiger partial charge in [-0.15, -0.1) is 0 Å². The van der Waals surface area contributed by atoms with E-state index in [1.54, 1.807) is 61.7 Å². The van der Waals surface area contributed by atoms with Crippen molar-refractivity contribution in [1.82, 2.24) is 0 Å². The van der Waals surface area contributed by atoms with Crippen LogP contribution in [0.25, 0.3) is 5.57 Å². The van der Waals surface area contributed by atoms with Crippen LogP contribution in [-0.2, 0) is 20.7 Å². The Bertz CT molecular complexity index is 958. The molecule has 0 fully saturated rings. The molecule has 0 aromatic heterocycles. The number of halogens is 1. The second-order valence-electron chi connectivity index (χ2n) is 6.15. The lowest BCUT2D eigenvalue weighted by Crippen LogP contribution is -2.14. The Kier molecular flexibility index (Phi) is 6.16. The molecule has 2 aromatic rings. The van der Waals surface area contributed by atoms with Gasteiger partial charge in [0.25, 0.3) is 0 Å². The van der Waals surface area contributed by atoms with Crippen molar-refractivity contribution in [3.8, 4) is 0 Å². The van der Waals surface area contributed by atoms with Crippen molar-refractivity contribution in [2.24, 2.45) is 0 Å². The fourth-order valence-electron chi connectivity index (χ4n) is 2.46. The summed E-state index contributed by atoms with van der Waals surface area (Å²) in [6, 6.07) is 11.5. The van der Waals surface area contributed by atoms with Crippen molar-refractivity contribution in [3.05, 3.63) is 78.1 Å². The maximum Gasteiger partial charge on any atom is 0.228 e. The second-order valence-corrected chi connectivity index (χ2v) is 8.64. The molecule has 0 saturated carbocycles. The molecule has 0 radical (unpaired) electrons. The largest absolute Gasteiger partial charge is 0.326 e. The van der Waals surface area contributed by atoms with Crippen molar-refractivity contribution >= 4 is 32.6 Å². The molecule has 0 saturated heterocycles. The zero-order chi connectivity index (χ0) is 19.3. The summed E-state index contributed by atoms with van der Waals surface area (Å²) in [5, 5.41) is 2.69. The van der Waals surface area contributed by atoms with E-state index in [0.717, 1.165) is 11.1 Å². The number of amides is 1. The molecule has 3 nitrogen and oxygen atoms in total. The molecule has 136 valence electrons. The van der Waals surface area contributed by atoms with Gasteiger partial charge in [-0.25, -0.2) is 4.39 Å². The van der Waals surface area contributed by atoms with Gasteiger partial charge in [0.15, 0.2) is 0 Å². The third-order valence-corrected chi connectivity index (χ3v) is 5.10. The van der Waals surface area contributed by atoms with Crippen molar-refractivity contribution in [3.63, 3.8) is 0 Å². The van der Waals surface area contributed by atoms with E-state index in [1.807, 2.05) is 0 Å². The predicted molar refractivity (Wildman–Crippen MR) is 108 cm³/mol. The molecular weight excluding hydrogens is 349 g/mol. The quantitative estimate of drug-likeness (QED) is 0.608.